The normalized spacial score (nSPS) is 18.5. The van der Waals surface area contributed by atoms with E-state index in [2.05, 4.69) is 5.32 Å². The molecular formula is C7H11NO3. The van der Waals surface area contributed by atoms with E-state index in [-0.39, 0.29) is 0 Å². The summed E-state index contributed by atoms with van der Waals surface area (Å²) < 4.78 is 4.91. The highest BCUT2D eigenvalue weighted by molar-refractivity contribution is 5.79. The second-order valence-corrected chi connectivity index (χ2v) is 2.38. The zero-order chi connectivity index (χ0) is 8.10. The molecule has 1 aliphatic heterocycles. The first kappa shape index (κ1) is 8.23. The van der Waals surface area contributed by atoms with Crippen LogP contribution in [0.1, 0.15) is 0 Å². The molecule has 0 aromatic carbocycles. The molecule has 0 amide bonds. The Morgan fingerprint density at radius 3 is 2.91 bits per heavy atom. The Kier molecular flexibility index (Phi) is 3.07. The van der Waals surface area contributed by atoms with Crippen LogP contribution in [0.5, 0.6) is 0 Å². The van der Waals surface area contributed by atoms with Crippen molar-refractivity contribution in [2.24, 2.45) is 0 Å². The number of carboxylic acid groups (broad SMARTS) is 1. The van der Waals surface area contributed by atoms with Gasteiger partial charge in [0.05, 0.1) is 19.3 Å². The van der Waals surface area contributed by atoms with Crippen LogP contribution in [0.3, 0.4) is 0 Å². The molecule has 4 nitrogen and oxygen atoms in total. The van der Waals surface area contributed by atoms with Gasteiger partial charge in [0.25, 0.3) is 0 Å². The standard InChI is InChI=1S/C7H11NO3/c9-7(10)2-1-3-8-6-4-11-5-6/h1-2,6,8H,3-5H2,(H,9,10)/b2-1+. The number of carboxylic acids is 1. The monoisotopic (exact) mass is 157 g/mol. The first-order valence-corrected chi connectivity index (χ1v) is 3.49. The van der Waals surface area contributed by atoms with E-state index in [0.29, 0.717) is 12.6 Å². The number of hydrogen-bond acceptors (Lipinski definition) is 3. The summed E-state index contributed by atoms with van der Waals surface area (Å²) in [6, 6.07) is 0.411. The summed E-state index contributed by atoms with van der Waals surface area (Å²) >= 11 is 0. The van der Waals surface area contributed by atoms with E-state index < -0.39 is 5.97 Å². The first-order valence-electron chi connectivity index (χ1n) is 3.49. The third-order valence-electron chi connectivity index (χ3n) is 1.42. The molecule has 0 unspecified atom stereocenters. The van der Waals surface area contributed by atoms with Crippen molar-refractivity contribution >= 4 is 5.97 Å². The fraction of sp³-hybridized carbons (Fsp3) is 0.571. The summed E-state index contributed by atoms with van der Waals surface area (Å²) in [7, 11) is 0. The molecule has 1 fully saturated rings. The Bertz CT molecular complexity index is 163. The van der Waals surface area contributed by atoms with E-state index >= 15 is 0 Å². The van der Waals surface area contributed by atoms with Crippen molar-refractivity contribution in [2.75, 3.05) is 19.8 Å². The molecule has 62 valence electrons. The van der Waals surface area contributed by atoms with Crippen molar-refractivity contribution in [3.05, 3.63) is 12.2 Å². The second kappa shape index (κ2) is 4.10. The summed E-state index contributed by atoms with van der Waals surface area (Å²) in [6.07, 6.45) is 2.72. The number of rotatable bonds is 4. The van der Waals surface area contributed by atoms with E-state index in [9.17, 15) is 4.79 Å². The number of nitrogens with one attached hydrogen (secondary N) is 1. The molecule has 0 atom stereocenters. The SMILES string of the molecule is O=C(O)/C=C/CNC1COC1. The van der Waals surface area contributed by atoms with Crippen LogP contribution in [0.4, 0.5) is 0 Å². The number of ether oxygens (including phenoxy) is 1. The third kappa shape index (κ3) is 3.15. The van der Waals surface area contributed by atoms with Gasteiger partial charge in [-0.3, -0.25) is 0 Å². The van der Waals surface area contributed by atoms with Crippen LogP contribution in [0.15, 0.2) is 12.2 Å². The van der Waals surface area contributed by atoms with Crippen molar-refractivity contribution < 1.29 is 14.6 Å². The maximum absolute atomic E-state index is 9.99. The molecule has 11 heavy (non-hydrogen) atoms. The predicted molar refractivity (Wildman–Crippen MR) is 39.4 cm³/mol. The fourth-order valence-electron chi connectivity index (χ4n) is 0.748. The van der Waals surface area contributed by atoms with Gasteiger partial charge in [-0.1, -0.05) is 6.08 Å². The van der Waals surface area contributed by atoms with E-state index in [1.54, 1.807) is 6.08 Å². The minimum Gasteiger partial charge on any atom is -0.478 e. The Labute approximate surface area is 64.9 Å². The van der Waals surface area contributed by atoms with Gasteiger partial charge in [-0.05, 0) is 0 Å². The van der Waals surface area contributed by atoms with Gasteiger partial charge >= 0.3 is 5.97 Å². The van der Waals surface area contributed by atoms with Crippen LogP contribution in [0.2, 0.25) is 0 Å². The number of carbonyl (C=O) groups is 1. The van der Waals surface area contributed by atoms with Crippen molar-refractivity contribution in [2.45, 2.75) is 6.04 Å². The number of hydrogen-bond donors (Lipinski definition) is 2. The molecule has 1 heterocycles. The fourth-order valence-corrected chi connectivity index (χ4v) is 0.748. The molecule has 0 radical (unpaired) electrons. The van der Waals surface area contributed by atoms with Gasteiger partial charge in [0.2, 0.25) is 0 Å². The lowest BCUT2D eigenvalue weighted by Gasteiger charge is -2.26. The van der Waals surface area contributed by atoms with Crippen LogP contribution in [-0.2, 0) is 9.53 Å². The molecule has 0 bridgehead atoms. The van der Waals surface area contributed by atoms with Crippen LogP contribution >= 0.6 is 0 Å². The van der Waals surface area contributed by atoms with Gasteiger partial charge in [-0.2, -0.15) is 0 Å². The molecule has 1 aliphatic rings. The summed E-state index contributed by atoms with van der Waals surface area (Å²) in [4.78, 5) is 9.99. The van der Waals surface area contributed by atoms with Crippen LogP contribution < -0.4 is 5.32 Å². The van der Waals surface area contributed by atoms with Gasteiger partial charge in [-0.15, -0.1) is 0 Å². The molecule has 0 aliphatic carbocycles. The molecule has 0 aromatic rings. The van der Waals surface area contributed by atoms with E-state index in [0.717, 1.165) is 19.3 Å². The van der Waals surface area contributed by atoms with Crippen molar-refractivity contribution in [3.8, 4) is 0 Å². The number of aliphatic carboxylic acids is 1. The molecule has 4 heteroatoms. The molecular weight excluding hydrogens is 146 g/mol. The average Bonchev–Trinajstić information content (AvgIpc) is 1.82. The first-order chi connectivity index (χ1) is 5.29. The summed E-state index contributed by atoms with van der Waals surface area (Å²) in [5.41, 5.74) is 0. The summed E-state index contributed by atoms with van der Waals surface area (Å²) in [5.74, 6) is -0.906. The van der Waals surface area contributed by atoms with Crippen LogP contribution in [-0.4, -0.2) is 36.9 Å². The lowest BCUT2D eigenvalue weighted by molar-refractivity contribution is -0.131. The minimum absolute atomic E-state index is 0.411. The smallest absolute Gasteiger partial charge is 0.328 e. The van der Waals surface area contributed by atoms with Crippen molar-refractivity contribution in [3.63, 3.8) is 0 Å². The maximum atomic E-state index is 9.99. The van der Waals surface area contributed by atoms with E-state index in [1.165, 1.54) is 0 Å². The zero-order valence-corrected chi connectivity index (χ0v) is 6.12. The molecule has 0 aromatic heterocycles. The summed E-state index contributed by atoms with van der Waals surface area (Å²) in [6.45, 7) is 2.07. The largest absolute Gasteiger partial charge is 0.478 e. The Morgan fingerprint density at radius 2 is 2.45 bits per heavy atom. The second-order valence-electron chi connectivity index (χ2n) is 2.38. The van der Waals surface area contributed by atoms with Crippen molar-refractivity contribution in [1.29, 1.82) is 0 Å². The quantitative estimate of drug-likeness (QED) is 0.546. The maximum Gasteiger partial charge on any atom is 0.328 e. The highest BCUT2D eigenvalue weighted by Gasteiger charge is 2.15. The lowest BCUT2D eigenvalue weighted by atomic mass is 10.2. The topological polar surface area (TPSA) is 58.6 Å². The van der Waals surface area contributed by atoms with Crippen LogP contribution in [0.25, 0.3) is 0 Å². The van der Waals surface area contributed by atoms with Gasteiger partial charge in [-0.25, -0.2) is 4.79 Å². The predicted octanol–water partition coefficient (Wildman–Crippen LogP) is -0.384. The zero-order valence-electron chi connectivity index (χ0n) is 6.12. The molecule has 0 spiro atoms. The highest BCUT2D eigenvalue weighted by Crippen LogP contribution is 1.97. The molecule has 1 saturated heterocycles. The van der Waals surface area contributed by atoms with E-state index in [4.69, 9.17) is 9.84 Å². The van der Waals surface area contributed by atoms with Gasteiger partial charge in [0.1, 0.15) is 0 Å². The molecule has 0 saturated carbocycles. The van der Waals surface area contributed by atoms with E-state index in [1.807, 2.05) is 0 Å². The van der Waals surface area contributed by atoms with Gasteiger partial charge < -0.3 is 15.2 Å². The Morgan fingerprint density at radius 1 is 1.73 bits per heavy atom. The lowest BCUT2D eigenvalue weighted by Crippen LogP contribution is -2.45. The summed E-state index contributed by atoms with van der Waals surface area (Å²) in [5, 5.41) is 11.3. The third-order valence-corrected chi connectivity index (χ3v) is 1.42. The minimum atomic E-state index is -0.906. The highest BCUT2D eigenvalue weighted by atomic mass is 16.5. The van der Waals surface area contributed by atoms with Crippen molar-refractivity contribution in [1.82, 2.24) is 5.32 Å². The molecule has 2 N–H and O–H groups in total. The van der Waals surface area contributed by atoms with Crippen LogP contribution in [0, 0.1) is 0 Å². The average molecular weight is 157 g/mol. The Hall–Kier alpha value is -0.870. The van der Waals surface area contributed by atoms with Gasteiger partial charge in [0.15, 0.2) is 0 Å². The van der Waals surface area contributed by atoms with Gasteiger partial charge in [0, 0.05) is 12.6 Å². The molecule has 1 rings (SSSR count). The Balaban J connectivity index is 1.98.